The van der Waals surface area contributed by atoms with Crippen LogP contribution in [0.3, 0.4) is 0 Å². The van der Waals surface area contributed by atoms with Gasteiger partial charge in [0, 0.05) is 38.3 Å². The summed E-state index contributed by atoms with van der Waals surface area (Å²) in [5.41, 5.74) is 1.76. The molecule has 2 atom stereocenters. The number of nitriles is 1. The number of ether oxygens (including phenoxy) is 2. The fraction of sp³-hybridized carbons (Fsp3) is 0.560. The molecule has 2 saturated heterocycles. The standard InChI is InChI=1S/C25H33N3O3/c1-20-16-23(5-4-22(20)17-26)28-11-8-25(29,9-12-28)10-14-31-24-6-2-21(3-7-24)18-27-13-15-30-19-27/h2-7,16,20,22,29H,8-15,18-19H2,1H3. The molecule has 0 radical (unpaired) electrons. The Morgan fingerprint density at radius 2 is 2.00 bits per heavy atom. The van der Waals surface area contributed by atoms with Crippen LogP contribution in [-0.4, -0.2) is 60.1 Å². The highest BCUT2D eigenvalue weighted by molar-refractivity contribution is 5.28. The minimum Gasteiger partial charge on any atom is -0.493 e. The van der Waals surface area contributed by atoms with Gasteiger partial charge < -0.3 is 19.5 Å². The molecule has 2 aliphatic heterocycles. The third-order valence-corrected chi connectivity index (χ3v) is 6.67. The summed E-state index contributed by atoms with van der Waals surface area (Å²) in [6.45, 7) is 7.66. The minimum absolute atomic E-state index is 0.0362. The van der Waals surface area contributed by atoms with Gasteiger partial charge in [-0.1, -0.05) is 31.2 Å². The molecule has 0 saturated carbocycles. The van der Waals surface area contributed by atoms with Crippen molar-refractivity contribution in [3.05, 3.63) is 53.8 Å². The molecule has 2 fully saturated rings. The van der Waals surface area contributed by atoms with Gasteiger partial charge in [0.05, 0.1) is 37.5 Å². The molecule has 2 heterocycles. The molecular weight excluding hydrogens is 390 g/mol. The van der Waals surface area contributed by atoms with E-state index in [1.54, 1.807) is 0 Å². The van der Waals surface area contributed by atoms with E-state index in [-0.39, 0.29) is 11.8 Å². The second kappa shape index (κ2) is 9.86. The van der Waals surface area contributed by atoms with E-state index >= 15 is 0 Å². The monoisotopic (exact) mass is 423 g/mol. The summed E-state index contributed by atoms with van der Waals surface area (Å²) in [6, 6.07) is 10.6. The highest BCUT2D eigenvalue weighted by Gasteiger charge is 2.33. The molecular formula is C25H33N3O3. The van der Waals surface area contributed by atoms with Crippen molar-refractivity contribution in [3.63, 3.8) is 0 Å². The first-order valence-corrected chi connectivity index (χ1v) is 11.3. The van der Waals surface area contributed by atoms with Crippen LogP contribution < -0.4 is 4.74 Å². The second-order valence-corrected chi connectivity index (χ2v) is 9.01. The van der Waals surface area contributed by atoms with Crippen LogP contribution >= 0.6 is 0 Å². The number of allylic oxidation sites excluding steroid dienone is 3. The maximum absolute atomic E-state index is 11.0. The van der Waals surface area contributed by atoms with Crippen molar-refractivity contribution in [3.8, 4) is 11.8 Å². The van der Waals surface area contributed by atoms with E-state index < -0.39 is 5.60 Å². The van der Waals surface area contributed by atoms with Crippen LogP contribution in [0.4, 0.5) is 0 Å². The van der Waals surface area contributed by atoms with Crippen molar-refractivity contribution in [1.82, 2.24) is 9.80 Å². The van der Waals surface area contributed by atoms with E-state index in [2.05, 4.69) is 47.1 Å². The summed E-state index contributed by atoms with van der Waals surface area (Å²) in [5, 5.41) is 20.2. The molecule has 31 heavy (non-hydrogen) atoms. The smallest absolute Gasteiger partial charge is 0.119 e. The number of nitrogens with zero attached hydrogens (tertiary/aromatic N) is 3. The molecule has 6 nitrogen and oxygen atoms in total. The molecule has 0 bridgehead atoms. The zero-order chi connectivity index (χ0) is 21.7. The van der Waals surface area contributed by atoms with Crippen molar-refractivity contribution >= 4 is 0 Å². The van der Waals surface area contributed by atoms with Crippen LogP contribution in [0.2, 0.25) is 0 Å². The van der Waals surface area contributed by atoms with E-state index in [0.717, 1.165) is 51.4 Å². The Hall–Kier alpha value is -2.33. The van der Waals surface area contributed by atoms with Gasteiger partial charge in [0.1, 0.15) is 5.75 Å². The molecule has 0 spiro atoms. The van der Waals surface area contributed by atoms with Crippen molar-refractivity contribution in [2.24, 2.45) is 11.8 Å². The van der Waals surface area contributed by atoms with Crippen LogP contribution in [-0.2, 0) is 11.3 Å². The fourth-order valence-electron chi connectivity index (χ4n) is 4.49. The second-order valence-electron chi connectivity index (χ2n) is 9.01. The zero-order valence-electron chi connectivity index (χ0n) is 18.4. The maximum Gasteiger partial charge on any atom is 0.119 e. The minimum atomic E-state index is -0.675. The van der Waals surface area contributed by atoms with E-state index in [9.17, 15) is 5.11 Å². The average molecular weight is 424 g/mol. The molecule has 6 heteroatoms. The lowest BCUT2D eigenvalue weighted by Crippen LogP contribution is -2.44. The van der Waals surface area contributed by atoms with Crippen molar-refractivity contribution < 1.29 is 14.6 Å². The number of hydrogen-bond acceptors (Lipinski definition) is 6. The zero-order valence-corrected chi connectivity index (χ0v) is 18.4. The maximum atomic E-state index is 11.0. The van der Waals surface area contributed by atoms with E-state index in [4.69, 9.17) is 14.7 Å². The molecule has 1 aliphatic carbocycles. The third-order valence-electron chi connectivity index (χ3n) is 6.67. The van der Waals surface area contributed by atoms with Crippen molar-refractivity contribution in [1.29, 1.82) is 5.26 Å². The van der Waals surface area contributed by atoms with Gasteiger partial charge >= 0.3 is 0 Å². The Bertz CT molecular complexity index is 829. The molecule has 0 aromatic heterocycles. The SMILES string of the molecule is CC1C=C(N2CCC(O)(CCOc3ccc(CN4CCOC4)cc3)CC2)C=CC1C#N. The van der Waals surface area contributed by atoms with Crippen molar-refractivity contribution in [2.75, 3.05) is 39.6 Å². The lowest BCUT2D eigenvalue weighted by Gasteiger charge is -2.40. The highest BCUT2D eigenvalue weighted by Crippen LogP contribution is 2.31. The Morgan fingerprint density at radius 1 is 1.23 bits per heavy atom. The number of aliphatic hydroxyl groups is 1. The van der Waals surface area contributed by atoms with E-state index in [1.165, 1.54) is 11.3 Å². The van der Waals surface area contributed by atoms with Gasteiger partial charge in [0.15, 0.2) is 0 Å². The summed E-state index contributed by atoms with van der Waals surface area (Å²) in [4.78, 5) is 4.60. The quantitative estimate of drug-likeness (QED) is 0.726. The molecule has 2 unspecified atom stereocenters. The molecule has 166 valence electrons. The Balaban J connectivity index is 1.20. The largest absolute Gasteiger partial charge is 0.493 e. The lowest BCUT2D eigenvalue weighted by atomic mass is 9.86. The highest BCUT2D eigenvalue weighted by atomic mass is 16.5. The van der Waals surface area contributed by atoms with E-state index in [0.29, 0.717) is 19.8 Å². The molecule has 1 aromatic carbocycles. The van der Waals surface area contributed by atoms with Gasteiger partial charge in [-0.25, -0.2) is 0 Å². The summed E-state index contributed by atoms with van der Waals surface area (Å²) in [6.07, 6.45) is 8.33. The molecule has 1 N–H and O–H groups in total. The van der Waals surface area contributed by atoms with Crippen molar-refractivity contribution in [2.45, 2.75) is 38.3 Å². The number of rotatable bonds is 7. The summed E-state index contributed by atoms with van der Waals surface area (Å²) < 4.78 is 11.3. The normalized spacial score (nSPS) is 25.8. The van der Waals surface area contributed by atoms with Crippen LogP contribution in [0.15, 0.2) is 48.2 Å². The lowest BCUT2D eigenvalue weighted by molar-refractivity contribution is -0.0284. The van der Waals surface area contributed by atoms with Crippen LogP contribution in [0.25, 0.3) is 0 Å². The number of hydrogen-bond donors (Lipinski definition) is 1. The predicted molar refractivity (Wildman–Crippen MR) is 119 cm³/mol. The van der Waals surface area contributed by atoms with E-state index in [1.807, 2.05) is 18.2 Å². The van der Waals surface area contributed by atoms with Crippen LogP contribution in [0, 0.1) is 23.2 Å². The number of benzene rings is 1. The molecule has 0 amide bonds. The van der Waals surface area contributed by atoms with Gasteiger partial charge in [-0.05, 0) is 42.5 Å². The Morgan fingerprint density at radius 3 is 2.65 bits per heavy atom. The van der Waals surface area contributed by atoms with Crippen LogP contribution in [0.5, 0.6) is 5.75 Å². The van der Waals surface area contributed by atoms with Gasteiger partial charge in [-0.15, -0.1) is 0 Å². The molecule has 1 aromatic rings. The fourth-order valence-corrected chi connectivity index (χ4v) is 4.49. The first-order valence-electron chi connectivity index (χ1n) is 11.3. The van der Waals surface area contributed by atoms with Crippen LogP contribution in [0.1, 0.15) is 31.7 Å². The van der Waals surface area contributed by atoms with Gasteiger partial charge in [0.25, 0.3) is 0 Å². The number of likely N-dealkylation sites (tertiary alicyclic amines) is 1. The Kier molecular flexibility index (Phi) is 6.96. The van der Waals surface area contributed by atoms with Gasteiger partial charge in [-0.3, -0.25) is 4.90 Å². The average Bonchev–Trinajstić information content (AvgIpc) is 3.28. The molecule has 4 rings (SSSR count). The summed E-state index contributed by atoms with van der Waals surface area (Å²) in [7, 11) is 0. The first kappa shape index (κ1) is 21.9. The molecule has 3 aliphatic rings. The predicted octanol–water partition coefficient (Wildman–Crippen LogP) is 3.30. The third kappa shape index (κ3) is 5.68. The van der Waals surface area contributed by atoms with Gasteiger partial charge in [-0.2, -0.15) is 5.26 Å². The summed E-state index contributed by atoms with van der Waals surface area (Å²) >= 11 is 0. The van der Waals surface area contributed by atoms with Gasteiger partial charge in [0.2, 0.25) is 0 Å². The number of piperidine rings is 1. The first-order chi connectivity index (χ1) is 15.0. The topological polar surface area (TPSA) is 69.0 Å². The Labute approximate surface area is 185 Å². The summed E-state index contributed by atoms with van der Waals surface area (Å²) in [5.74, 6) is 1.04.